The van der Waals surface area contributed by atoms with Crippen LogP contribution in [0.5, 0.6) is 0 Å². The Kier molecular flexibility index (Phi) is 2.89. The molecule has 0 amide bonds. The molecule has 2 heterocycles. The van der Waals surface area contributed by atoms with Gasteiger partial charge < -0.3 is 4.98 Å². The van der Waals surface area contributed by atoms with Crippen LogP contribution in [-0.4, -0.2) is 15.2 Å². The zero-order valence-corrected chi connectivity index (χ0v) is 10.8. The summed E-state index contributed by atoms with van der Waals surface area (Å²) in [6, 6.07) is 0. The smallest absolute Gasteiger partial charge is 0.175 e. The van der Waals surface area contributed by atoms with Gasteiger partial charge in [-0.1, -0.05) is 25.4 Å². The molecule has 2 aromatic heterocycles. The van der Waals surface area contributed by atoms with E-state index in [4.69, 9.17) is 11.6 Å². The van der Waals surface area contributed by atoms with Gasteiger partial charge in [-0.25, -0.2) is 0 Å². The van der Waals surface area contributed by atoms with Crippen molar-refractivity contribution in [3.05, 3.63) is 22.1 Å². The third-order valence-corrected chi connectivity index (χ3v) is 3.12. The number of halogens is 1. The fraction of sp³-hybridized carbons (Fsp3) is 0.500. The van der Waals surface area contributed by atoms with Crippen molar-refractivity contribution in [3.8, 4) is 0 Å². The normalized spacial score (nSPS) is 11.6. The molecule has 2 rings (SSSR count). The van der Waals surface area contributed by atoms with E-state index in [0.29, 0.717) is 11.1 Å². The second-order valence-electron chi connectivity index (χ2n) is 4.66. The van der Waals surface area contributed by atoms with Gasteiger partial charge in [-0.2, -0.15) is 5.10 Å². The van der Waals surface area contributed by atoms with E-state index in [2.05, 4.69) is 36.0 Å². The summed E-state index contributed by atoms with van der Waals surface area (Å²) in [5, 5.41) is 9.82. The highest BCUT2D eigenvalue weighted by Gasteiger charge is 2.14. The molecule has 0 saturated carbocycles. The van der Waals surface area contributed by atoms with Crippen LogP contribution in [-0.2, 0) is 6.42 Å². The van der Waals surface area contributed by atoms with Crippen molar-refractivity contribution in [1.82, 2.24) is 15.2 Å². The van der Waals surface area contributed by atoms with Gasteiger partial charge >= 0.3 is 0 Å². The van der Waals surface area contributed by atoms with Crippen molar-refractivity contribution in [3.63, 3.8) is 0 Å². The molecular formula is C12H16ClN3. The first-order valence-corrected chi connectivity index (χ1v) is 5.88. The largest absolute Gasteiger partial charge is 0.356 e. The molecule has 0 aliphatic rings. The maximum atomic E-state index is 6.05. The molecular weight excluding hydrogens is 222 g/mol. The number of aromatic nitrogens is 3. The summed E-state index contributed by atoms with van der Waals surface area (Å²) in [5.41, 5.74) is 4.32. The van der Waals surface area contributed by atoms with E-state index < -0.39 is 0 Å². The molecule has 1 N–H and O–H groups in total. The number of nitrogens with one attached hydrogen (secondary N) is 1. The fourth-order valence-electron chi connectivity index (χ4n) is 1.97. The van der Waals surface area contributed by atoms with E-state index in [-0.39, 0.29) is 0 Å². The molecule has 2 aromatic rings. The number of aromatic amines is 1. The summed E-state index contributed by atoms with van der Waals surface area (Å²) in [6.07, 6.45) is 0.929. The van der Waals surface area contributed by atoms with Crippen molar-refractivity contribution in [2.24, 2.45) is 5.92 Å². The number of hydrogen-bond acceptors (Lipinski definition) is 2. The highest BCUT2D eigenvalue weighted by molar-refractivity contribution is 6.33. The lowest BCUT2D eigenvalue weighted by molar-refractivity contribution is 0.632. The minimum Gasteiger partial charge on any atom is -0.356 e. The number of fused-ring (bicyclic) bond motifs is 1. The summed E-state index contributed by atoms with van der Waals surface area (Å²) in [7, 11) is 0. The molecule has 0 spiro atoms. The molecule has 0 aromatic carbocycles. The lowest BCUT2D eigenvalue weighted by atomic mass is 10.0. The minimum absolute atomic E-state index is 0.457. The van der Waals surface area contributed by atoms with Gasteiger partial charge in [0.05, 0.1) is 11.2 Å². The van der Waals surface area contributed by atoms with Crippen LogP contribution in [0, 0.1) is 19.8 Å². The van der Waals surface area contributed by atoms with Crippen molar-refractivity contribution in [2.45, 2.75) is 34.1 Å². The molecule has 0 fully saturated rings. The van der Waals surface area contributed by atoms with Crippen LogP contribution in [0.3, 0.4) is 0 Å². The number of hydrogen-bond donors (Lipinski definition) is 1. The molecule has 16 heavy (non-hydrogen) atoms. The lowest BCUT2D eigenvalue weighted by Crippen LogP contribution is -2.00. The minimum atomic E-state index is 0.457. The van der Waals surface area contributed by atoms with Crippen LogP contribution < -0.4 is 0 Å². The van der Waals surface area contributed by atoms with Crippen molar-refractivity contribution in [2.75, 3.05) is 0 Å². The maximum Gasteiger partial charge on any atom is 0.175 e. The summed E-state index contributed by atoms with van der Waals surface area (Å²) in [6.45, 7) is 8.49. The SMILES string of the molecule is Cc1[nH]c2c(Cl)nnc(CC(C)C)c2c1C. The molecule has 3 nitrogen and oxygen atoms in total. The van der Waals surface area contributed by atoms with Crippen LogP contribution >= 0.6 is 11.6 Å². The predicted molar refractivity (Wildman–Crippen MR) is 66.9 cm³/mol. The van der Waals surface area contributed by atoms with E-state index in [9.17, 15) is 0 Å². The number of rotatable bonds is 2. The fourth-order valence-corrected chi connectivity index (χ4v) is 2.15. The first-order chi connectivity index (χ1) is 7.50. The molecule has 86 valence electrons. The molecule has 0 saturated heterocycles. The standard InChI is InChI=1S/C12H16ClN3/c1-6(2)5-9-10-7(3)8(4)14-11(10)12(13)16-15-9/h6,14H,5H2,1-4H3. The Morgan fingerprint density at radius 1 is 1.25 bits per heavy atom. The number of nitrogens with zero attached hydrogens (tertiary/aromatic N) is 2. The van der Waals surface area contributed by atoms with Gasteiger partial charge in [0.15, 0.2) is 5.15 Å². The number of aryl methyl sites for hydroxylation is 2. The van der Waals surface area contributed by atoms with Gasteiger partial charge in [0.25, 0.3) is 0 Å². The molecule has 0 aliphatic carbocycles. The van der Waals surface area contributed by atoms with E-state index in [1.807, 2.05) is 6.92 Å². The monoisotopic (exact) mass is 237 g/mol. The van der Waals surface area contributed by atoms with Gasteiger partial charge in [-0.3, -0.25) is 0 Å². The second kappa shape index (κ2) is 4.06. The van der Waals surface area contributed by atoms with Crippen molar-refractivity contribution < 1.29 is 0 Å². The third kappa shape index (κ3) is 1.80. The van der Waals surface area contributed by atoms with E-state index in [1.165, 1.54) is 5.56 Å². The average molecular weight is 238 g/mol. The molecule has 0 unspecified atom stereocenters. The van der Waals surface area contributed by atoms with Gasteiger partial charge in [0.1, 0.15) is 0 Å². The Labute approximate surface area is 100 Å². The molecule has 0 bridgehead atoms. The first kappa shape index (κ1) is 11.4. The zero-order chi connectivity index (χ0) is 11.9. The maximum absolute atomic E-state index is 6.05. The van der Waals surface area contributed by atoms with Crippen LogP contribution in [0.25, 0.3) is 10.9 Å². The molecule has 4 heteroatoms. The van der Waals surface area contributed by atoms with Gasteiger partial charge in [0.2, 0.25) is 0 Å². The summed E-state index contributed by atoms with van der Waals surface area (Å²) in [4.78, 5) is 3.27. The molecule has 0 atom stereocenters. The summed E-state index contributed by atoms with van der Waals surface area (Å²) >= 11 is 6.05. The highest BCUT2D eigenvalue weighted by atomic mass is 35.5. The van der Waals surface area contributed by atoms with Gasteiger partial charge in [0, 0.05) is 11.1 Å². The zero-order valence-electron chi connectivity index (χ0n) is 10.1. The van der Waals surface area contributed by atoms with Crippen LogP contribution in [0.1, 0.15) is 30.8 Å². The van der Waals surface area contributed by atoms with E-state index >= 15 is 0 Å². The molecule has 0 radical (unpaired) electrons. The predicted octanol–water partition coefficient (Wildman–Crippen LogP) is 3.43. The summed E-state index contributed by atoms with van der Waals surface area (Å²) in [5.74, 6) is 0.563. The Hall–Kier alpha value is -1.09. The third-order valence-electron chi connectivity index (χ3n) is 2.85. The van der Waals surface area contributed by atoms with Crippen LogP contribution in [0.2, 0.25) is 5.15 Å². The Balaban J connectivity index is 2.71. The van der Waals surface area contributed by atoms with E-state index in [0.717, 1.165) is 28.7 Å². The topological polar surface area (TPSA) is 41.6 Å². The van der Waals surface area contributed by atoms with Crippen LogP contribution in [0.15, 0.2) is 0 Å². The van der Waals surface area contributed by atoms with Gasteiger partial charge in [-0.15, -0.1) is 5.10 Å². The lowest BCUT2D eigenvalue weighted by Gasteiger charge is -2.06. The first-order valence-electron chi connectivity index (χ1n) is 5.50. The highest BCUT2D eigenvalue weighted by Crippen LogP contribution is 2.28. The second-order valence-corrected chi connectivity index (χ2v) is 5.02. The molecule has 0 aliphatic heterocycles. The van der Waals surface area contributed by atoms with E-state index in [1.54, 1.807) is 0 Å². The number of H-pyrrole nitrogens is 1. The van der Waals surface area contributed by atoms with Crippen LogP contribution in [0.4, 0.5) is 0 Å². The van der Waals surface area contributed by atoms with Gasteiger partial charge in [-0.05, 0) is 31.7 Å². The Morgan fingerprint density at radius 2 is 1.94 bits per heavy atom. The van der Waals surface area contributed by atoms with Crippen molar-refractivity contribution >= 4 is 22.5 Å². The quantitative estimate of drug-likeness (QED) is 0.870. The Morgan fingerprint density at radius 3 is 2.56 bits per heavy atom. The Bertz CT molecular complexity index is 529. The van der Waals surface area contributed by atoms with Crippen molar-refractivity contribution in [1.29, 1.82) is 0 Å². The average Bonchev–Trinajstić information content (AvgIpc) is 2.49. The summed E-state index contributed by atoms with van der Waals surface area (Å²) < 4.78 is 0.